The lowest BCUT2D eigenvalue weighted by Crippen LogP contribution is -2.46. The zero-order valence-corrected chi connectivity index (χ0v) is 28.1. The highest BCUT2D eigenvalue weighted by molar-refractivity contribution is 6.61. The van der Waals surface area contributed by atoms with Gasteiger partial charge in [0.2, 0.25) is 0 Å². The molecule has 0 spiro atoms. The number of hydrogen-bond donors (Lipinski definition) is 0. The summed E-state index contributed by atoms with van der Waals surface area (Å²) in [6.45, 7) is 26.2. The second-order valence-corrected chi connectivity index (χ2v) is 14.9. The molecule has 0 amide bonds. The molecule has 1 aliphatic rings. The van der Waals surface area contributed by atoms with E-state index in [2.05, 4.69) is 35.7 Å². The van der Waals surface area contributed by atoms with Crippen LogP contribution in [0.25, 0.3) is 0 Å². The Morgan fingerprint density at radius 3 is 1.61 bits per heavy atom. The molecular weight excluding hydrogens is 518 g/mol. The van der Waals surface area contributed by atoms with Crippen LogP contribution in [0.5, 0.6) is 0 Å². The molecule has 0 bridgehead atoms. The maximum Gasteiger partial charge on any atom is 0.500 e. The summed E-state index contributed by atoms with van der Waals surface area (Å²) < 4.78 is 34.9. The van der Waals surface area contributed by atoms with Crippen LogP contribution in [0.2, 0.25) is 12.1 Å². The van der Waals surface area contributed by atoms with Gasteiger partial charge in [0.15, 0.2) is 0 Å². The van der Waals surface area contributed by atoms with E-state index in [9.17, 15) is 0 Å². The van der Waals surface area contributed by atoms with Gasteiger partial charge in [-0.05, 0) is 73.6 Å². The predicted octanol–water partition coefficient (Wildman–Crippen LogP) is 5.70. The van der Waals surface area contributed by atoms with E-state index in [0.29, 0.717) is 45.6 Å². The van der Waals surface area contributed by atoms with Crippen LogP contribution in [-0.2, 0) is 26.6 Å². The summed E-state index contributed by atoms with van der Waals surface area (Å²) in [5.41, 5.74) is 1.23. The lowest BCUT2D eigenvalue weighted by Gasteiger charge is -2.29. The van der Waals surface area contributed by atoms with Crippen LogP contribution in [0.3, 0.4) is 0 Å². The van der Waals surface area contributed by atoms with Gasteiger partial charge in [-0.15, -0.1) is 0 Å². The third kappa shape index (κ3) is 17.1. The lowest BCUT2D eigenvalue weighted by molar-refractivity contribution is 0.0699. The summed E-state index contributed by atoms with van der Waals surface area (Å²) >= 11 is 0. The molecule has 226 valence electrons. The van der Waals surface area contributed by atoms with E-state index in [-0.39, 0.29) is 0 Å². The fourth-order valence-corrected chi connectivity index (χ4v) is 9.50. The zero-order chi connectivity index (χ0) is 28.7. The van der Waals surface area contributed by atoms with Crippen molar-refractivity contribution in [1.29, 1.82) is 0 Å². The van der Waals surface area contributed by atoms with Crippen molar-refractivity contribution in [3.63, 3.8) is 0 Å². The Hall–Kier alpha value is -0.666. The van der Waals surface area contributed by atoms with Gasteiger partial charge in [0.1, 0.15) is 0 Å². The molecule has 0 aromatic carbocycles. The van der Waals surface area contributed by atoms with Crippen LogP contribution in [-0.4, -0.2) is 100 Å². The summed E-state index contributed by atoms with van der Waals surface area (Å²) in [5, 5.41) is 0. The SMILES string of the molecule is CCO[Si](CCC/N=C(\C)CC(C)C)(OCC)OCC.CCO[Si](CCCN1C=NCC1)(OCC)OCC. The molecule has 0 saturated carbocycles. The molecule has 1 heterocycles. The summed E-state index contributed by atoms with van der Waals surface area (Å²) in [4.78, 5) is 11.1. The van der Waals surface area contributed by atoms with Crippen LogP contribution >= 0.6 is 0 Å². The molecule has 1 rings (SSSR count). The molecule has 0 saturated heterocycles. The maximum atomic E-state index is 5.83. The Balaban J connectivity index is 0.000000724. The summed E-state index contributed by atoms with van der Waals surface area (Å²) in [7, 11) is -4.91. The fourth-order valence-electron chi connectivity index (χ4n) is 4.31. The molecule has 0 N–H and O–H groups in total. The van der Waals surface area contributed by atoms with Gasteiger partial charge in [-0.3, -0.25) is 9.98 Å². The van der Waals surface area contributed by atoms with Crippen molar-refractivity contribution in [2.45, 2.75) is 93.7 Å². The van der Waals surface area contributed by atoms with Gasteiger partial charge >= 0.3 is 17.6 Å². The molecule has 9 nitrogen and oxygen atoms in total. The van der Waals surface area contributed by atoms with E-state index in [4.69, 9.17) is 26.6 Å². The number of aliphatic imine (C=N–C) groups is 2. The minimum atomic E-state index is -2.47. The third-order valence-electron chi connectivity index (χ3n) is 5.60. The molecule has 11 heteroatoms. The summed E-state index contributed by atoms with van der Waals surface area (Å²) in [6, 6.07) is 1.73. The van der Waals surface area contributed by atoms with Crippen LogP contribution in [0.4, 0.5) is 0 Å². The van der Waals surface area contributed by atoms with E-state index >= 15 is 0 Å². The first-order valence-corrected chi connectivity index (χ1v) is 18.7. The Kier molecular flexibility index (Phi) is 22.7. The van der Waals surface area contributed by atoms with Crippen molar-refractivity contribution in [3.8, 4) is 0 Å². The van der Waals surface area contributed by atoms with E-state index in [1.165, 1.54) is 5.71 Å². The van der Waals surface area contributed by atoms with Crippen LogP contribution in [0.15, 0.2) is 9.98 Å². The first kappa shape index (κ1) is 37.3. The number of hydrogen-bond acceptors (Lipinski definition) is 9. The fraction of sp³-hybridized carbons (Fsp3) is 0.926. The first-order valence-electron chi connectivity index (χ1n) is 14.8. The molecule has 0 aliphatic carbocycles. The Bertz CT molecular complexity index is 592. The predicted molar refractivity (Wildman–Crippen MR) is 162 cm³/mol. The molecule has 0 radical (unpaired) electrons. The largest absolute Gasteiger partial charge is 0.500 e. The van der Waals surface area contributed by atoms with Crippen molar-refractivity contribution < 1.29 is 26.6 Å². The highest BCUT2D eigenvalue weighted by Gasteiger charge is 2.40. The standard InChI is InChI=1S/C15H33NO3Si.C12H26N2O3Si/c1-7-17-20(18-8-2,19-9-3)12-10-11-16-15(6)13-14(4)5;1-4-15-18(16-5-2,17-6-3)11-7-9-14-10-8-13-12-14/h14H,7-13H2,1-6H3;12H,4-11H2,1-3H3/b16-15+;. The zero-order valence-electron chi connectivity index (χ0n) is 26.1. The van der Waals surface area contributed by atoms with E-state index < -0.39 is 17.6 Å². The average Bonchev–Trinajstić information content (AvgIpc) is 3.37. The van der Waals surface area contributed by atoms with Gasteiger partial charge in [-0.25, -0.2) is 0 Å². The molecule has 1 aliphatic heterocycles. The van der Waals surface area contributed by atoms with Crippen molar-refractivity contribution in [3.05, 3.63) is 0 Å². The van der Waals surface area contributed by atoms with Crippen LogP contribution in [0, 0.1) is 5.92 Å². The molecule has 0 aromatic heterocycles. The molecule has 0 aromatic rings. The normalized spacial score (nSPS) is 14.4. The van der Waals surface area contributed by atoms with Gasteiger partial charge in [0.25, 0.3) is 0 Å². The second-order valence-electron chi connectivity index (χ2n) is 9.44. The molecular formula is C27H59N3O6Si2. The highest BCUT2D eigenvalue weighted by atomic mass is 28.4. The quantitative estimate of drug-likeness (QED) is 0.0927. The van der Waals surface area contributed by atoms with Gasteiger partial charge < -0.3 is 31.5 Å². The van der Waals surface area contributed by atoms with Gasteiger partial charge in [-0.2, -0.15) is 0 Å². The third-order valence-corrected chi connectivity index (χ3v) is 11.9. The minimum absolute atomic E-state index is 0.641. The summed E-state index contributed by atoms with van der Waals surface area (Å²) in [6.07, 6.45) is 5.00. The maximum absolute atomic E-state index is 5.83. The summed E-state index contributed by atoms with van der Waals surface area (Å²) in [5.74, 6) is 0.669. The van der Waals surface area contributed by atoms with E-state index in [0.717, 1.165) is 57.5 Å². The van der Waals surface area contributed by atoms with Gasteiger partial charge in [0.05, 0.1) is 12.9 Å². The topological polar surface area (TPSA) is 83.3 Å². The van der Waals surface area contributed by atoms with Crippen molar-refractivity contribution in [2.24, 2.45) is 15.9 Å². The Morgan fingerprint density at radius 2 is 1.24 bits per heavy atom. The van der Waals surface area contributed by atoms with Crippen LogP contribution < -0.4 is 0 Å². The average molecular weight is 578 g/mol. The molecule has 0 fully saturated rings. The highest BCUT2D eigenvalue weighted by Crippen LogP contribution is 2.19. The smallest absolute Gasteiger partial charge is 0.374 e. The molecule has 38 heavy (non-hydrogen) atoms. The van der Waals surface area contributed by atoms with Crippen molar-refractivity contribution >= 4 is 29.7 Å². The van der Waals surface area contributed by atoms with Crippen molar-refractivity contribution in [1.82, 2.24) is 4.90 Å². The molecule has 0 atom stereocenters. The van der Waals surface area contributed by atoms with Gasteiger partial charge in [-0.1, -0.05) is 13.8 Å². The van der Waals surface area contributed by atoms with Gasteiger partial charge in [0, 0.05) is 77.1 Å². The Labute approximate surface area is 236 Å². The monoisotopic (exact) mass is 577 g/mol. The Morgan fingerprint density at radius 1 is 0.789 bits per heavy atom. The van der Waals surface area contributed by atoms with Crippen molar-refractivity contribution in [2.75, 3.05) is 65.8 Å². The van der Waals surface area contributed by atoms with Crippen LogP contribution in [0.1, 0.15) is 81.6 Å². The molecule has 0 unspecified atom stereocenters. The minimum Gasteiger partial charge on any atom is -0.374 e. The first-order chi connectivity index (χ1) is 18.3. The number of nitrogens with zero attached hydrogens (tertiary/aromatic N) is 3. The van der Waals surface area contributed by atoms with E-state index in [1.807, 2.05) is 47.9 Å². The number of rotatable bonds is 22. The second kappa shape index (κ2) is 23.1. The van der Waals surface area contributed by atoms with E-state index in [1.54, 1.807) is 0 Å². The lowest BCUT2D eigenvalue weighted by atomic mass is 10.1.